The molecule has 1 fully saturated rings. The minimum absolute atomic E-state index is 0.251. The highest BCUT2D eigenvalue weighted by atomic mass is 32.1. The van der Waals surface area contributed by atoms with Crippen LogP contribution in [0.25, 0.3) is 0 Å². The lowest BCUT2D eigenvalue weighted by molar-refractivity contribution is -0.145. The van der Waals surface area contributed by atoms with Crippen LogP contribution in [0.2, 0.25) is 0 Å². The van der Waals surface area contributed by atoms with Gasteiger partial charge < -0.3 is 16.2 Å². The monoisotopic (exact) mass is 310 g/mol. The van der Waals surface area contributed by atoms with Gasteiger partial charge in [0, 0.05) is 0 Å². The number of carboxylic acids is 1. The van der Waals surface area contributed by atoms with Crippen molar-refractivity contribution >= 4 is 34.1 Å². The van der Waals surface area contributed by atoms with Gasteiger partial charge in [-0.1, -0.05) is 13.3 Å². The molecule has 0 aromatic carbocycles. The molecule has 6 nitrogen and oxygen atoms in total. The molecular formula is C14H18N2O4S. The standard InChI is InChI=1S/C14H18N2O4S/c1-2-7-5-9(10(6-7)14(19)20)12(18)16-13-8(11(15)17)3-4-21-13/h3-4,7,9-10H,2,5-6H2,1H3,(H2,15,17)(H,16,18)(H,19,20)/t7?,9-,10+/m0/s1. The summed E-state index contributed by atoms with van der Waals surface area (Å²) in [7, 11) is 0. The topological polar surface area (TPSA) is 109 Å². The smallest absolute Gasteiger partial charge is 0.307 e. The Kier molecular flexibility index (Phi) is 4.62. The van der Waals surface area contributed by atoms with E-state index in [0.717, 1.165) is 6.42 Å². The molecule has 1 aromatic rings. The molecule has 2 amide bonds. The van der Waals surface area contributed by atoms with Gasteiger partial charge >= 0.3 is 5.97 Å². The van der Waals surface area contributed by atoms with Gasteiger partial charge in [0.15, 0.2) is 0 Å². The number of nitrogens with two attached hydrogens (primary N) is 1. The summed E-state index contributed by atoms with van der Waals surface area (Å²) in [5.74, 6) is -2.86. The lowest BCUT2D eigenvalue weighted by Crippen LogP contribution is -2.30. The lowest BCUT2D eigenvalue weighted by Gasteiger charge is -2.15. The van der Waals surface area contributed by atoms with Gasteiger partial charge in [-0.2, -0.15) is 0 Å². The number of primary amides is 1. The zero-order valence-corrected chi connectivity index (χ0v) is 12.5. The van der Waals surface area contributed by atoms with Crippen LogP contribution in [0, 0.1) is 17.8 Å². The third-order valence-corrected chi connectivity index (χ3v) is 4.89. The maximum atomic E-state index is 12.3. The Bertz CT molecular complexity index is 569. The second-order valence-corrected chi connectivity index (χ2v) is 6.23. The molecule has 0 aliphatic heterocycles. The second kappa shape index (κ2) is 6.26. The molecule has 1 aromatic heterocycles. The van der Waals surface area contributed by atoms with Gasteiger partial charge in [-0.05, 0) is 30.2 Å². The number of anilines is 1. The number of nitrogens with one attached hydrogen (secondary N) is 1. The van der Waals surface area contributed by atoms with Crippen LogP contribution in [-0.4, -0.2) is 22.9 Å². The molecule has 1 heterocycles. The van der Waals surface area contributed by atoms with E-state index < -0.39 is 23.7 Å². The van der Waals surface area contributed by atoms with Crippen molar-refractivity contribution in [3.63, 3.8) is 0 Å². The number of aliphatic carboxylic acids is 1. The number of rotatable bonds is 5. The number of carbonyl (C=O) groups excluding carboxylic acids is 2. The first-order valence-electron chi connectivity index (χ1n) is 6.85. The van der Waals surface area contributed by atoms with Crippen molar-refractivity contribution in [2.45, 2.75) is 26.2 Å². The zero-order valence-electron chi connectivity index (χ0n) is 11.7. The third kappa shape index (κ3) is 3.24. The Labute approximate surface area is 126 Å². The molecule has 3 atom stereocenters. The van der Waals surface area contributed by atoms with Crippen molar-refractivity contribution in [1.29, 1.82) is 0 Å². The molecule has 0 bridgehead atoms. The summed E-state index contributed by atoms with van der Waals surface area (Å²) in [6.45, 7) is 1.99. The molecule has 7 heteroatoms. The molecule has 21 heavy (non-hydrogen) atoms. The van der Waals surface area contributed by atoms with Crippen LogP contribution < -0.4 is 11.1 Å². The highest BCUT2D eigenvalue weighted by Gasteiger charge is 2.42. The predicted molar refractivity (Wildman–Crippen MR) is 79.1 cm³/mol. The first-order valence-corrected chi connectivity index (χ1v) is 7.73. The molecule has 114 valence electrons. The summed E-state index contributed by atoms with van der Waals surface area (Å²) in [5, 5.41) is 14.0. The van der Waals surface area contributed by atoms with E-state index in [4.69, 9.17) is 5.73 Å². The lowest BCUT2D eigenvalue weighted by atomic mass is 9.95. The van der Waals surface area contributed by atoms with Crippen molar-refractivity contribution in [1.82, 2.24) is 0 Å². The number of hydrogen-bond acceptors (Lipinski definition) is 4. The number of amides is 2. The van der Waals surface area contributed by atoms with Gasteiger partial charge in [-0.3, -0.25) is 14.4 Å². The van der Waals surface area contributed by atoms with Gasteiger partial charge in [0.2, 0.25) is 5.91 Å². The molecule has 0 spiro atoms. The molecule has 2 rings (SSSR count). The molecule has 0 saturated heterocycles. The van der Waals surface area contributed by atoms with E-state index >= 15 is 0 Å². The van der Waals surface area contributed by atoms with E-state index in [1.807, 2.05) is 6.92 Å². The maximum Gasteiger partial charge on any atom is 0.307 e. The van der Waals surface area contributed by atoms with Crippen LogP contribution in [-0.2, 0) is 9.59 Å². The van der Waals surface area contributed by atoms with E-state index in [9.17, 15) is 19.5 Å². The highest BCUT2D eigenvalue weighted by molar-refractivity contribution is 7.14. The summed E-state index contributed by atoms with van der Waals surface area (Å²) in [6.07, 6.45) is 1.95. The second-order valence-electron chi connectivity index (χ2n) is 5.31. The highest BCUT2D eigenvalue weighted by Crippen LogP contribution is 2.39. The van der Waals surface area contributed by atoms with E-state index in [1.165, 1.54) is 11.3 Å². The zero-order chi connectivity index (χ0) is 15.6. The molecule has 1 saturated carbocycles. The molecule has 1 aliphatic carbocycles. The fourth-order valence-electron chi connectivity index (χ4n) is 2.84. The fraction of sp³-hybridized carbons (Fsp3) is 0.500. The molecule has 0 radical (unpaired) electrons. The third-order valence-electron chi connectivity index (χ3n) is 4.06. The molecule has 1 unspecified atom stereocenters. The molecule has 4 N–H and O–H groups in total. The fourth-order valence-corrected chi connectivity index (χ4v) is 3.64. The summed E-state index contributed by atoms with van der Waals surface area (Å²) < 4.78 is 0. The van der Waals surface area contributed by atoms with Crippen LogP contribution >= 0.6 is 11.3 Å². The van der Waals surface area contributed by atoms with Gasteiger partial charge in [-0.25, -0.2) is 0 Å². The summed E-state index contributed by atoms with van der Waals surface area (Å²) in [4.78, 5) is 34.9. The maximum absolute atomic E-state index is 12.3. The summed E-state index contributed by atoms with van der Waals surface area (Å²) in [6, 6.07) is 1.54. The van der Waals surface area contributed by atoms with Gasteiger partial charge in [0.05, 0.1) is 17.4 Å². The Hall–Kier alpha value is -1.89. The van der Waals surface area contributed by atoms with Crippen molar-refractivity contribution in [3.05, 3.63) is 17.0 Å². The number of hydrogen-bond donors (Lipinski definition) is 3. The molecular weight excluding hydrogens is 292 g/mol. The minimum atomic E-state index is -0.938. The predicted octanol–water partition coefficient (Wildman–Crippen LogP) is 1.92. The number of carboxylic acid groups (broad SMARTS) is 1. The van der Waals surface area contributed by atoms with Crippen LogP contribution in [0.5, 0.6) is 0 Å². The van der Waals surface area contributed by atoms with Crippen molar-refractivity contribution in [3.8, 4) is 0 Å². The van der Waals surface area contributed by atoms with Gasteiger partial charge in [0.1, 0.15) is 5.00 Å². The quantitative estimate of drug-likeness (QED) is 0.771. The number of thiophene rings is 1. The van der Waals surface area contributed by atoms with Gasteiger partial charge in [-0.15, -0.1) is 11.3 Å². The van der Waals surface area contributed by atoms with Crippen LogP contribution in [0.3, 0.4) is 0 Å². The van der Waals surface area contributed by atoms with E-state index in [0.29, 0.717) is 17.8 Å². The van der Waals surface area contributed by atoms with E-state index in [2.05, 4.69) is 5.32 Å². The van der Waals surface area contributed by atoms with Crippen LogP contribution in [0.15, 0.2) is 11.4 Å². The molecule has 1 aliphatic rings. The summed E-state index contributed by atoms with van der Waals surface area (Å²) in [5.41, 5.74) is 5.48. The van der Waals surface area contributed by atoms with Crippen molar-refractivity contribution < 1.29 is 19.5 Å². The largest absolute Gasteiger partial charge is 0.481 e. The Morgan fingerprint density at radius 3 is 2.62 bits per heavy atom. The average molecular weight is 310 g/mol. The van der Waals surface area contributed by atoms with Crippen LogP contribution in [0.4, 0.5) is 5.00 Å². The van der Waals surface area contributed by atoms with Crippen LogP contribution in [0.1, 0.15) is 36.5 Å². The van der Waals surface area contributed by atoms with E-state index in [-0.39, 0.29) is 17.4 Å². The summed E-state index contributed by atoms with van der Waals surface area (Å²) >= 11 is 1.20. The first-order chi connectivity index (χ1) is 9.93. The van der Waals surface area contributed by atoms with E-state index in [1.54, 1.807) is 11.4 Å². The first kappa shape index (κ1) is 15.5. The normalized spacial score (nSPS) is 24.7. The van der Waals surface area contributed by atoms with Gasteiger partial charge in [0.25, 0.3) is 5.91 Å². The van der Waals surface area contributed by atoms with Crippen molar-refractivity contribution in [2.75, 3.05) is 5.32 Å². The SMILES string of the molecule is CCC1C[C@H](C(=O)Nc2sccc2C(N)=O)[C@H](C(=O)O)C1. The minimum Gasteiger partial charge on any atom is -0.481 e. The number of carbonyl (C=O) groups is 3. The van der Waals surface area contributed by atoms with Crippen molar-refractivity contribution in [2.24, 2.45) is 23.5 Å². The Balaban J connectivity index is 2.13. The Morgan fingerprint density at radius 1 is 1.38 bits per heavy atom. The average Bonchev–Trinajstić information content (AvgIpc) is 3.04. The Morgan fingerprint density at radius 2 is 2.05 bits per heavy atom.